The lowest BCUT2D eigenvalue weighted by Gasteiger charge is -2.21. The molecule has 3 nitrogen and oxygen atoms in total. The Labute approximate surface area is 176 Å². The third-order valence-electron chi connectivity index (χ3n) is 5.25. The molecule has 1 fully saturated rings. The monoisotopic (exact) mass is 403 g/mol. The maximum atomic E-state index is 6.01. The smallest absolute Gasteiger partial charge is 0.161 e. The second-order valence-corrected chi connectivity index (χ2v) is 7.41. The predicted molar refractivity (Wildman–Crippen MR) is 119 cm³/mol. The van der Waals surface area contributed by atoms with Gasteiger partial charge >= 0.3 is 0 Å². The van der Waals surface area contributed by atoms with Crippen molar-refractivity contribution >= 4 is 12.4 Å². The highest BCUT2D eigenvalue weighted by molar-refractivity contribution is 5.85. The van der Waals surface area contributed by atoms with Crippen LogP contribution in [0.1, 0.15) is 63.0 Å². The first-order valence-electron chi connectivity index (χ1n) is 10.5. The number of ether oxygens (including phenoxy) is 2. The lowest BCUT2D eigenvalue weighted by atomic mass is 9.96. The molecular formula is C24H34ClNO2. The van der Waals surface area contributed by atoms with E-state index in [1.165, 1.54) is 50.5 Å². The zero-order chi connectivity index (χ0) is 18.7. The Hall–Kier alpha value is -1.71. The molecule has 154 valence electrons. The van der Waals surface area contributed by atoms with Crippen LogP contribution in [-0.2, 0) is 13.2 Å². The van der Waals surface area contributed by atoms with E-state index < -0.39 is 0 Å². The van der Waals surface area contributed by atoms with E-state index in [9.17, 15) is 0 Å². The highest BCUT2D eigenvalue weighted by atomic mass is 35.5. The van der Waals surface area contributed by atoms with Gasteiger partial charge in [-0.05, 0) is 43.0 Å². The Morgan fingerprint density at radius 3 is 2.25 bits per heavy atom. The van der Waals surface area contributed by atoms with Crippen molar-refractivity contribution in [2.45, 2.75) is 71.1 Å². The van der Waals surface area contributed by atoms with E-state index in [1.807, 2.05) is 31.2 Å². The summed E-state index contributed by atoms with van der Waals surface area (Å²) in [6.45, 7) is 4.10. The van der Waals surface area contributed by atoms with Crippen LogP contribution in [0.15, 0.2) is 48.5 Å². The predicted octanol–water partition coefficient (Wildman–Crippen LogP) is 6.29. The second kappa shape index (κ2) is 12.7. The highest BCUT2D eigenvalue weighted by Gasteiger charge is 2.12. The van der Waals surface area contributed by atoms with Gasteiger partial charge < -0.3 is 14.8 Å². The first-order chi connectivity index (χ1) is 13.3. The van der Waals surface area contributed by atoms with Crippen LogP contribution in [0.3, 0.4) is 0 Å². The Morgan fingerprint density at radius 1 is 0.821 bits per heavy atom. The van der Waals surface area contributed by atoms with Crippen molar-refractivity contribution in [3.05, 3.63) is 59.7 Å². The molecule has 1 aliphatic rings. The van der Waals surface area contributed by atoms with Crippen LogP contribution in [0.2, 0.25) is 0 Å². The Morgan fingerprint density at radius 2 is 1.54 bits per heavy atom. The van der Waals surface area contributed by atoms with Crippen LogP contribution in [0.4, 0.5) is 0 Å². The topological polar surface area (TPSA) is 30.5 Å². The lowest BCUT2D eigenvalue weighted by Crippen LogP contribution is -2.29. The molecular weight excluding hydrogens is 370 g/mol. The van der Waals surface area contributed by atoms with Crippen LogP contribution >= 0.6 is 12.4 Å². The lowest BCUT2D eigenvalue weighted by molar-refractivity contribution is 0.269. The number of benzene rings is 2. The largest absolute Gasteiger partial charge is 0.490 e. The molecule has 0 saturated heterocycles. The molecule has 28 heavy (non-hydrogen) atoms. The molecule has 0 aromatic heterocycles. The zero-order valence-electron chi connectivity index (χ0n) is 17.0. The van der Waals surface area contributed by atoms with Gasteiger partial charge in [0.15, 0.2) is 11.5 Å². The Bertz CT molecular complexity index is 670. The van der Waals surface area contributed by atoms with E-state index in [1.54, 1.807) is 0 Å². The summed E-state index contributed by atoms with van der Waals surface area (Å²) in [6, 6.07) is 17.2. The first kappa shape index (κ1) is 22.6. The summed E-state index contributed by atoms with van der Waals surface area (Å²) in [6.07, 6.45) is 9.50. The van der Waals surface area contributed by atoms with Gasteiger partial charge in [-0.2, -0.15) is 0 Å². The number of hydrogen-bond acceptors (Lipinski definition) is 3. The van der Waals surface area contributed by atoms with Gasteiger partial charge in [0.2, 0.25) is 0 Å². The third kappa shape index (κ3) is 7.37. The molecule has 0 heterocycles. The highest BCUT2D eigenvalue weighted by Crippen LogP contribution is 2.29. The normalized spacial score (nSPS) is 15.2. The zero-order valence-corrected chi connectivity index (χ0v) is 17.8. The molecule has 2 aromatic rings. The van der Waals surface area contributed by atoms with Gasteiger partial charge in [0.05, 0.1) is 6.61 Å². The van der Waals surface area contributed by atoms with E-state index in [0.717, 1.165) is 23.6 Å². The van der Waals surface area contributed by atoms with Crippen molar-refractivity contribution in [2.24, 2.45) is 0 Å². The Kier molecular flexibility index (Phi) is 10.2. The van der Waals surface area contributed by atoms with Crippen LogP contribution in [0.25, 0.3) is 0 Å². The maximum absolute atomic E-state index is 6.01. The summed E-state index contributed by atoms with van der Waals surface area (Å²) in [5.74, 6) is 1.65. The molecule has 0 amide bonds. The molecule has 1 aliphatic carbocycles. The standard InChI is InChI=1S/C24H33NO2.ClH/c1-2-26-24-17-21(18-25-22-13-9-4-3-5-10-14-22)15-16-23(24)27-19-20-11-7-6-8-12-20;/h6-8,11-12,15-17,22,25H,2-5,9-10,13-14,18-19H2,1H3;1H. The van der Waals surface area contributed by atoms with E-state index in [4.69, 9.17) is 9.47 Å². The molecule has 4 heteroatoms. The SMILES string of the molecule is CCOc1cc(CNC2CCCCCCC2)ccc1OCc1ccccc1.Cl. The minimum atomic E-state index is 0. The number of hydrogen-bond donors (Lipinski definition) is 1. The number of nitrogens with one attached hydrogen (secondary N) is 1. The fourth-order valence-electron chi connectivity index (χ4n) is 3.71. The van der Waals surface area contributed by atoms with Crippen molar-refractivity contribution in [3.63, 3.8) is 0 Å². The summed E-state index contributed by atoms with van der Waals surface area (Å²) in [7, 11) is 0. The molecule has 0 radical (unpaired) electrons. The summed E-state index contributed by atoms with van der Waals surface area (Å²) in [5, 5.41) is 3.76. The van der Waals surface area contributed by atoms with Crippen LogP contribution in [0.5, 0.6) is 11.5 Å². The van der Waals surface area contributed by atoms with E-state index in [2.05, 4.69) is 29.6 Å². The molecule has 0 unspecified atom stereocenters. The molecule has 0 bridgehead atoms. The van der Waals surface area contributed by atoms with E-state index in [-0.39, 0.29) is 12.4 Å². The van der Waals surface area contributed by atoms with Gasteiger partial charge in [-0.15, -0.1) is 12.4 Å². The summed E-state index contributed by atoms with van der Waals surface area (Å²) in [5.41, 5.74) is 2.42. The van der Waals surface area contributed by atoms with Gasteiger partial charge in [-0.25, -0.2) is 0 Å². The fourth-order valence-corrected chi connectivity index (χ4v) is 3.71. The van der Waals surface area contributed by atoms with Crippen LogP contribution in [0, 0.1) is 0 Å². The average molecular weight is 404 g/mol. The minimum absolute atomic E-state index is 0. The van der Waals surface area contributed by atoms with Crippen molar-refractivity contribution in [2.75, 3.05) is 6.61 Å². The summed E-state index contributed by atoms with van der Waals surface area (Å²) < 4.78 is 11.9. The van der Waals surface area contributed by atoms with E-state index in [0.29, 0.717) is 19.3 Å². The van der Waals surface area contributed by atoms with E-state index >= 15 is 0 Å². The number of halogens is 1. The molecule has 1 N–H and O–H groups in total. The first-order valence-corrected chi connectivity index (χ1v) is 10.5. The minimum Gasteiger partial charge on any atom is -0.490 e. The van der Waals surface area contributed by atoms with Crippen LogP contribution in [-0.4, -0.2) is 12.6 Å². The van der Waals surface area contributed by atoms with Crippen molar-refractivity contribution < 1.29 is 9.47 Å². The van der Waals surface area contributed by atoms with Gasteiger partial charge in [0.1, 0.15) is 6.61 Å². The molecule has 0 atom stereocenters. The van der Waals surface area contributed by atoms with Gasteiger partial charge in [0, 0.05) is 12.6 Å². The molecule has 2 aromatic carbocycles. The second-order valence-electron chi connectivity index (χ2n) is 7.41. The fraction of sp³-hybridized carbons (Fsp3) is 0.500. The number of rotatable bonds is 8. The third-order valence-corrected chi connectivity index (χ3v) is 5.25. The molecule has 0 spiro atoms. The Balaban J connectivity index is 0.00000280. The van der Waals surface area contributed by atoms with Gasteiger partial charge in [0.25, 0.3) is 0 Å². The molecule has 1 saturated carbocycles. The van der Waals surface area contributed by atoms with Crippen molar-refractivity contribution in [1.82, 2.24) is 5.32 Å². The average Bonchev–Trinajstić information content (AvgIpc) is 2.67. The summed E-state index contributed by atoms with van der Waals surface area (Å²) >= 11 is 0. The summed E-state index contributed by atoms with van der Waals surface area (Å²) in [4.78, 5) is 0. The molecule has 3 rings (SSSR count). The quantitative estimate of drug-likeness (QED) is 0.561. The maximum Gasteiger partial charge on any atom is 0.161 e. The van der Waals surface area contributed by atoms with Gasteiger partial charge in [-0.3, -0.25) is 0 Å². The van der Waals surface area contributed by atoms with Crippen LogP contribution < -0.4 is 14.8 Å². The molecule has 0 aliphatic heterocycles. The van der Waals surface area contributed by atoms with Gasteiger partial charge in [-0.1, -0.05) is 68.5 Å². The van der Waals surface area contributed by atoms with Crippen molar-refractivity contribution in [1.29, 1.82) is 0 Å². The van der Waals surface area contributed by atoms with Crippen molar-refractivity contribution in [3.8, 4) is 11.5 Å².